The van der Waals surface area contributed by atoms with Crippen LogP contribution in [0.5, 0.6) is 0 Å². The van der Waals surface area contributed by atoms with Crippen LogP contribution in [0.15, 0.2) is 0 Å². The maximum atomic E-state index is 5.65. The van der Waals surface area contributed by atoms with Crippen LogP contribution in [-0.2, 0) is 17.8 Å². The Balaban J connectivity index is 1.57. The van der Waals surface area contributed by atoms with Crippen molar-refractivity contribution < 1.29 is 4.74 Å². The summed E-state index contributed by atoms with van der Waals surface area (Å²) in [5, 5.41) is 12.1. The minimum Gasteiger partial charge on any atom is -0.376 e. The minimum atomic E-state index is 0.287. The van der Waals surface area contributed by atoms with Crippen molar-refractivity contribution in [1.82, 2.24) is 30.0 Å². The third-order valence-electron chi connectivity index (χ3n) is 3.97. The fraction of sp³-hybridized carbons (Fsp3) is 0.917. The van der Waals surface area contributed by atoms with E-state index in [9.17, 15) is 0 Å². The van der Waals surface area contributed by atoms with E-state index in [1.807, 2.05) is 4.68 Å². The van der Waals surface area contributed by atoms with Crippen LogP contribution in [0.25, 0.3) is 0 Å². The summed E-state index contributed by atoms with van der Waals surface area (Å²) in [5.74, 6) is 0.958. The Morgan fingerprint density at radius 2 is 2.11 bits per heavy atom. The van der Waals surface area contributed by atoms with E-state index in [1.165, 1.54) is 0 Å². The number of ether oxygens (including phenoxy) is 1. The summed E-state index contributed by atoms with van der Waals surface area (Å²) in [6.45, 7) is 6.91. The second-order valence-corrected chi connectivity index (χ2v) is 5.49. The van der Waals surface area contributed by atoms with Gasteiger partial charge in [0.05, 0.1) is 19.2 Å². The molecule has 0 aliphatic carbocycles. The molecule has 1 atom stereocenters. The molecule has 0 N–H and O–H groups in total. The van der Waals surface area contributed by atoms with Crippen LogP contribution in [-0.4, -0.2) is 75.9 Å². The topological polar surface area (TPSA) is 59.3 Å². The first-order valence-electron chi connectivity index (χ1n) is 7.09. The van der Waals surface area contributed by atoms with Crippen molar-refractivity contribution in [3.8, 4) is 0 Å². The van der Waals surface area contributed by atoms with E-state index in [4.69, 9.17) is 4.74 Å². The van der Waals surface area contributed by atoms with E-state index in [2.05, 4.69) is 32.4 Å². The number of piperazine rings is 1. The number of hydrogen-bond donors (Lipinski definition) is 0. The molecule has 0 aromatic carbocycles. The van der Waals surface area contributed by atoms with Crippen molar-refractivity contribution in [3.63, 3.8) is 0 Å². The molecule has 2 aliphatic rings. The van der Waals surface area contributed by atoms with Gasteiger partial charge in [0.1, 0.15) is 0 Å². The fourth-order valence-electron chi connectivity index (χ4n) is 2.67. The first-order valence-corrected chi connectivity index (χ1v) is 7.09. The van der Waals surface area contributed by atoms with Crippen LogP contribution in [0.1, 0.15) is 18.7 Å². The van der Waals surface area contributed by atoms with Crippen LogP contribution in [0.2, 0.25) is 0 Å². The third-order valence-corrected chi connectivity index (χ3v) is 3.97. The zero-order valence-corrected chi connectivity index (χ0v) is 11.5. The Bertz CT molecular complexity index is 395. The molecule has 1 aromatic rings. The third kappa shape index (κ3) is 3.29. The van der Waals surface area contributed by atoms with E-state index >= 15 is 0 Å². The molecule has 1 aromatic heterocycles. The van der Waals surface area contributed by atoms with Crippen molar-refractivity contribution >= 4 is 0 Å². The first-order chi connectivity index (χ1) is 9.31. The zero-order chi connectivity index (χ0) is 13.1. The molecule has 0 spiro atoms. The molecular weight excluding hydrogens is 244 g/mol. The van der Waals surface area contributed by atoms with Gasteiger partial charge in [0.25, 0.3) is 0 Å². The number of nitrogens with zero attached hydrogens (tertiary/aromatic N) is 6. The highest BCUT2D eigenvalue weighted by Gasteiger charge is 2.21. The lowest BCUT2D eigenvalue weighted by Gasteiger charge is -2.31. The molecule has 2 fully saturated rings. The van der Waals surface area contributed by atoms with Crippen molar-refractivity contribution in [3.05, 3.63) is 5.82 Å². The van der Waals surface area contributed by atoms with Gasteiger partial charge in [-0.05, 0) is 30.3 Å². The average Bonchev–Trinajstić information content (AvgIpc) is 3.06. The summed E-state index contributed by atoms with van der Waals surface area (Å²) in [4.78, 5) is 4.77. The van der Waals surface area contributed by atoms with Gasteiger partial charge in [0, 0.05) is 32.8 Å². The first kappa shape index (κ1) is 13.0. The normalized spacial score (nSPS) is 26.1. The number of likely N-dealkylation sites (N-methyl/N-ethyl adjacent to an activating group) is 1. The lowest BCUT2D eigenvalue weighted by atomic mass is 10.2. The lowest BCUT2D eigenvalue weighted by molar-refractivity contribution is 0.0904. The largest absolute Gasteiger partial charge is 0.376 e. The Kier molecular flexibility index (Phi) is 4.05. The molecule has 0 bridgehead atoms. The molecule has 106 valence electrons. The summed E-state index contributed by atoms with van der Waals surface area (Å²) in [5.41, 5.74) is 0. The highest BCUT2D eigenvalue weighted by atomic mass is 16.5. The second kappa shape index (κ2) is 5.94. The highest BCUT2D eigenvalue weighted by molar-refractivity contribution is 4.84. The van der Waals surface area contributed by atoms with Gasteiger partial charge in [-0.15, -0.1) is 5.10 Å². The van der Waals surface area contributed by atoms with Gasteiger partial charge < -0.3 is 9.64 Å². The van der Waals surface area contributed by atoms with E-state index in [0.29, 0.717) is 0 Å². The van der Waals surface area contributed by atoms with Crippen LogP contribution in [0.3, 0.4) is 0 Å². The van der Waals surface area contributed by atoms with Gasteiger partial charge in [0.2, 0.25) is 0 Å². The molecule has 2 aliphatic heterocycles. The van der Waals surface area contributed by atoms with Gasteiger partial charge in [-0.2, -0.15) is 0 Å². The molecule has 2 saturated heterocycles. The van der Waals surface area contributed by atoms with Crippen molar-refractivity contribution in [1.29, 1.82) is 0 Å². The van der Waals surface area contributed by atoms with E-state index in [-0.39, 0.29) is 6.10 Å². The summed E-state index contributed by atoms with van der Waals surface area (Å²) < 4.78 is 7.56. The van der Waals surface area contributed by atoms with Crippen LogP contribution >= 0.6 is 0 Å². The zero-order valence-electron chi connectivity index (χ0n) is 11.5. The molecule has 7 heteroatoms. The van der Waals surface area contributed by atoms with Gasteiger partial charge in [-0.1, -0.05) is 0 Å². The maximum absolute atomic E-state index is 5.65. The lowest BCUT2D eigenvalue weighted by Crippen LogP contribution is -2.44. The van der Waals surface area contributed by atoms with E-state index in [0.717, 1.165) is 64.5 Å². The SMILES string of the molecule is CN1CCN(Cc2nnnn2C[C@@H]2CCCO2)CC1. The summed E-state index contributed by atoms with van der Waals surface area (Å²) in [6, 6.07) is 0. The number of rotatable bonds is 4. The van der Waals surface area contributed by atoms with E-state index < -0.39 is 0 Å². The summed E-state index contributed by atoms with van der Waals surface area (Å²) in [7, 11) is 2.17. The Labute approximate surface area is 113 Å². The predicted octanol–water partition coefficient (Wildman–Crippen LogP) is -0.400. The number of tetrazole rings is 1. The maximum Gasteiger partial charge on any atom is 0.165 e. The van der Waals surface area contributed by atoms with Crippen molar-refractivity contribution in [2.45, 2.75) is 32.0 Å². The monoisotopic (exact) mass is 266 g/mol. The quantitative estimate of drug-likeness (QED) is 0.739. The van der Waals surface area contributed by atoms with Crippen LogP contribution < -0.4 is 0 Å². The van der Waals surface area contributed by atoms with Gasteiger partial charge in [-0.3, -0.25) is 4.90 Å². The molecule has 0 radical (unpaired) electrons. The van der Waals surface area contributed by atoms with Gasteiger partial charge in [0.15, 0.2) is 5.82 Å². The fourth-order valence-corrected chi connectivity index (χ4v) is 2.67. The molecule has 3 rings (SSSR count). The van der Waals surface area contributed by atoms with Gasteiger partial charge >= 0.3 is 0 Å². The predicted molar refractivity (Wildman–Crippen MR) is 69.6 cm³/mol. The number of aromatic nitrogens is 4. The van der Waals surface area contributed by atoms with Crippen molar-refractivity contribution in [2.24, 2.45) is 0 Å². The summed E-state index contributed by atoms with van der Waals surface area (Å²) in [6.07, 6.45) is 2.56. The summed E-state index contributed by atoms with van der Waals surface area (Å²) >= 11 is 0. The standard InChI is InChI=1S/C12H22N6O/c1-16-4-6-17(7-5-16)10-12-13-14-15-18(12)9-11-3-2-8-19-11/h11H,2-10H2,1H3/t11-/m0/s1. The molecule has 7 nitrogen and oxygen atoms in total. The molecule has 0 saturated carbocycles. The Morgan fingerprint density at radius 3 is 2.84 bits per heavy atom. The van der Waals surface area contributed by atoms with Crippen molar-refractivity contribution in [2.75, 3.05) is 39.8 Å². The molecule has 19 heavy (non-hydrogen) atoms. The molecular formula is C12H22N6O. The van der Waals surface area contributed by atoms with E-state index in [1.54, 1.807) is 0 Å². The molecule has 0 unspecified atom stereocenters. The highest BCUT2D eigenvalue weighted by Crippen LogP contribution is 2.14. The smallest absolute Gasteiger partial charge is 0.165 e. The van der Waals surface area contributed by atoms with Gasteiger partial charge in [-0.25, -0.2) is 4.68 Å². The number of hydrogen-bond acceptors (Lipinski definition) is 6. The Hall–Kier alpha value is -1.05. The van der Waals surface area contributed by atoms with Crippen LogP contribution in [0.4, 0.5) is 0 Å². The van der Waals surface area contributed by atoms with Crippen LogP contribution in [0, 0.1) is 0 Å². The molecule has 0 amide bonds. The molecule has 3 heterocycles. The average molecular weight is 266 g/mol. The minimum absolute atomic E-state index is 0.287. The second-order valence-electron chi connectivity index (χ2n) is 5.49. The Morgan fingerprint density at radius 1 is 1.26 bits per heavy atom.